The van der Waals surface area contributed by atoms with Crippen LogP contribution in [0.15, 0.2) is 12.7 Å². The predicted molar refractivity (Wildman–Crippen MR) is 90.3 cm³/mol. The number of phosphoric ester groups is 1. The monoisotopic (exact) mass is 407 g/mol. The summed E-state index contributed by atoms with van der Waals surface area (Å²) >= 11 is 0. The van der Waals surface area contributed by atoms with Crippen LogP contribution >= 0.6 is 7.82 Å². The van der Waals surface area contributed by atoms with Crippen LogP contribution in [0, 0.1) is 0 Å². The molecule has 1 fully saturated rings. The Hall–Kier alpha value is 0.340. The molecule has 0 amide bonds. The van der Waals surface area contributed by atoms with E-state index >= 15 is 0 Å². The van der Waals surface area contributed by atoms with Crippen LogP contribution in [0.1, 0.15) is 6.23 Å². The fourth-order valence-corrected chi connectivity index (χ4v) is 2.83. The molecule has 0 unspecified atom stereocenters. The van der Waals surface area contributed by atoms with E-state index in [0.717, 1.165) is 0 Å². The number of hydrogen-bond donors (Lipinski definition) is 5. The molecule has 3 rings (SSSR count). The van der Waals surface area contributed by atoms with E-state index in [4.69, 9.17) is 14.5 Å². The van der Waals surface area contributed by atoms with Crippen molar-refractivity contribution in [1.29, 1.82) is 0 Å². The summed E-state index contributed by atoms with van der Waals surface area (Å²) in [4.78, 5) is 29.7. The zero-order chi connectivity index (χ0) is 17.5. The molecule has 5 N–H and O–H groups in total. The summed E-state index contributed by atoms with van der Waals surface area (Å²) in [6.45, 7) is -0.581. The first kappa shape index (κ1) is 24.4. The standard InChI is InChI=1S/C11H16N5O7P.2Na/c1-12-9-6-10(14-3-13-9)16(4-15-6)11-8(18)7(17)5(23-11)2-22-24(19,20)21;;/h3-5,7-8,11,17-18H,2H2,1H3,(H,12,13,14)(H2,19,20,21);;/t5-,7-,8-,11-;;/m1../s1. The van der Waals surface area contributed by atoms with Gasteiger partial charge in [-0.05, 0) is 0 Å². The normalized spacial score (nSPS) is 25.6. The topological polar surface area (TPSA) is 172 Å². The minimum absolute atomic E-state index is 0. The van der Waals surface area contributed by atoms with Gasteiger partial charge in [-0.3, -0.25) is 9.09 Å². The van der Waals surface area contributed by atoms with E-state index in [9.17, 15) is 14.8 Å². The van der Waals surface area contributed by atoms with Crippen LogP contribution in [-0.4, -0.2) is 131 Å². The number of fused-ring (bicyclic) bond motifs is 1. The second-order valence-electron chi connectivity index (χ2n) is 5.13. The number of hydrogen-bond acceptors (Lipinski definition) is 9. The Labute approximate surface area is 192 Å². The third kappa shape index (κ3) is 5.03. The number of phosphoric acid groups is 1. The van der Waals surface area contributed by atoms with Crippen molar-refractivity contribution >= 4 is 83.9 Å². The van der Waals surface area contributed by atoms with Crippen LogP contribution in [0.3, 0.4) is 0 Å². The van der Waals surface area contributed by atoms with Gasteiger partial charge in [0.1, 0.15) is 30.2 Å². The molecule has 134 valence electrons. The van der Waals surface area contributed by atoms with Gasteiger partial charge in [0.15, 0.2) is 17.7 Å². The molecule has 26 heavy (non-hydrogen) atoms. The first-order chi connectivity index (χ1) is 11.3. The molecular formula is C11H16N5Na2O7P. The molecule has 4 atom stereocenters. The van der Waals surface area contributed by atoms with E-state index in [1.165, 1.54) is 17.2 Å². The van der Waals surface area contributed by atoms with Gasteiger partial charge in [-0.2, -0.15) is 0 Å². The van der Waals surface area contributed by atoms with E-state index in [0.29, 0.717) is 17.0 Å². The first-order valence-corrected chi connectivity index (χ1v) is 8.42. The molecule has 1 saturated heterocycles. The molecule has 2 aromatic rings. The van der Waals surface area contributed by atoms with Crippen LogP contribution in [-0.2, 0) is 13.8 Å². The Morgan fingerprint density at radius 3 is 2.58 bits per heavy atom. The minimum Gasteiger partial charge on any atom is -0.387 e. The van der Waals surface area contributed by atoms with E-state index < -0.39 is 39.0 Å². The molecule has 12 nitrogen and oxygen atoms in total. The van der Waals surface area contributed by atoms with Gasteiger partial charge in [0, 0.05) is 66.2 Å². The smallest absolute Gasteiger partial charge is 0.387 e. The Morgan fingerprint density at radius 2 is 1.96 bits per heavy atom. The molecule has 1 aliphatic rings. The van der Waals surface area contributed by atoms with E-state index in [1.807, 2.05) is 0 Å². The van der Waals surface area contributed by atoms with Gasteiger partial charge in [-0.15, -0.1) is 0 Å². The molecule has 2 aromatic heterocycles. The van der Waals surface area contributed by atoms with Gasteiger partial charge >= 0.3 is 7.82 Å². The zero-order valence-corrected chi connectivity index (χ0v) is 19.3. The van der Waals surface area contributed by atoms with Crippen molar-refractivity contribution in [3.63, 3.8) is 0 Å². The summed E-state index contributed by atoms with van der Waals surface area (Å²) in [5.74, 6) is 0.480. The van der Waals surface area contributed by atoms with Crippen LogP contribution in [0.2, 0.25) is 0 Å². The van der Waals surface area contributed by atoms with Gasteiger partial charge in [-0.1, -0.05) is 0 Å². The molecule has 3 heterocycles. The third-order valence-corrected chi connectivity index (χ3v) is 4.10. The first-order valence-electron chi connectivity index (χ1n) is 6.89. The van der Waals surface area contributed by atoms with Gasteiger partial charge in [-0.25, -0.2) is 19.5 Å². The number of nitrogens with one attached hydrogen (secondary N) is 1. The van der Waals surface area contributed by atoms with E-state index in [2.05, 4.69) is 24.8 Å². The van der Waals surface area contributed by atoms with Gasteiger partial charge in [0.25, 0.3) is 0 Å². The average Bonchev–Trinajstić information content (AvgIpc) is 3.07. The van der Waals surface area contributed by atoms with Crippen LogP contribution in [0.25, 0.3) is 11.2 Å². The maximum Gasteiger partial charge on any atom is 0.469 e. The van der Waals surface area contributed by atoms with Crippen LogP contribution in [0.5, 0.6) is 0 Å². The number of anilines is 1. The van der Waals surface area contributed by atoms with Crippen molar-refractivity contribution in [3.8, 4) is 0 Å². The summed E-state index contributed by atoms with van der Waals surface area (Å²) in [6, 6.07) is 0. The molecular weight excluding hydrogens is 391 g/mol. The summed E-state index contributed by atoms with van der Waals surface area (Å²) in [7, 11) is -3.05. The quantitative estimate of drug-likeness (QED) is 0.270. The number of rotatable bonds is 5. The van der Waals surface area contributed by atoms with Crippen molar-refractivity contribution in [3.05, 3.63) is 12.7 Å². The van der Waals surface area contributed by atoms with Gasteiger partial charge in [0.05, 0.1) is 12.9 Å². The SMILES string of the molecule is CNc1ncnc2c1ncn2[C@@H]1O[C@H](COP(=O)(O)O)[C@@H](O)[C@H]1O.[Na].[Na]. The fourth-order valence-electron chi connectivity index (χ4n) is 2.49. The van der Waals surface area contributed by atoms with Gasteiger partial charge in [0.2, 0.25) is 0 Å². The Balaban J connectivity index is 0.00000169. The number of aliphatic hydroxyl groups excluding tert-OH is 2. The summed E-state index contributed by atoms with van der Waals surface area (Å²) < 4.78 is 22.0. The third-order valence-electron chi connectivity index (χ3n) is 3.61. The van der Waals surface area contributed by atoms with Crippen LogP contribution in [0.4, 0.5) is 5.82 Å². The zero-order valence-electron chi connectivity index (χ0n) is 14.4. The predicted octanol–water partition coefficient (Wildman–Crippen LogP) is -2.17. The molecule has 15 heteroatoms. The van der Waals surface area contributed by atoms with Crippen molar-refractivity contribution in [1.82, 2.24) is 19.5 Å². The van der Waals surface area contributed by atoms with Crippen molar-refractivity contribution < 1.29 is 33.8 Å². The van der Waals surface area contributed by atoms with Gasteiger partial charge < -0.3 is 30.1 Å². The van der Waals surface area contributed by atoms with Crippen LogP contribution < -0.4 is 5.32 Å². The number of nitrogens with zero attached hydrogens (tertiary/aromatic N) is 4. The molecule has 1 aliphatic heterocycles. The number of imidazole rings is 1. The molecule has 0 bridgehead atoms. The minimum atomic E-state index is -4.71. The maximum absolute atomic E-state index is 10.8. The second kappa shape index (κ2) is 9.70. The largest absolute Gasteiger partial charge is 0.469 e. The average molecular weight is 407 g/mol. The summed E-state index contributed by atoms with van der Waals surface area (Å²) in [6.07, 6.45) is -2.26. The summed E-state index contributed by atoms with van der Waals surface area (Å²) in [5, 5.41) is 23.0. The Bertz CT molecular complexity index is 789. The molecule has 2 radical (unpaired) electrons. The Kier molecular flexibility index (Phi) is 9.10. The number of ether oxygens (including phenoxy) is 1. The number of aromatic nitrogens is 4. The molecule has 0 aromatic carbocycles. The van der Waals surface area contributed by atoms with Crippen molar-refractivity contribution in [2.45, 2.75) is 24.5 Å². The number of aliphatic hydroxyl groups is 2. The van der Waals surface area contributed by atoms with E-state index in [-0.39, 0.29) is 59.1 Å². The fraction of sp³-hybridized carbons (Fsp3) is 0.545. The van der Waals surface area contributed by atoms with E-state index in [1.54, 1.807) is 7.05 Å². The van der Waals surface area contributed by atoms with Crippen molar-refractivity contribution in [2.24, 2.45) is 0 Å². The maximum atomic E-state index is 10.8. The second-order valence-corrected chi connectivity index (χ2v) is 6.37. The van der Waals surface area contributed by atoms with Crippen molar-refractivity contribution in [2.75, 3.05) is 19.0 Å². The summed E-state index contributed by atoms with van der Waals surface area (Å²) in [5.41, 5.74) is 0.808. The molecule has 0 saturated carbocycles. The Morgan fingerprint density at radius 1 is 1.27 bits per heavy atom. The molecule has 0 spiro atoms. The molecule has 0 aliphatic carbocycles.